The number of carboxylic acids is 1. The molecule has 0 spiro atoms. The lowest BCUT2D eigenvalue weighted by Gasteiger charge is -2.11. The molecule has 4 nitrogen and oxygen atoms in total. The maximum Gasteiger partial charge on any atom is 0.323 e. The van der Waals surface area contributed by atoms with Crippen LogP contribution in [0, 0.1) is 0 Å². The van der Waals surface area contributed by atoms with Crippen molar-refractivity contribution in [3.05, 3.63) is 12.2 Å². The number of hydrogen-bond acceptors (Lipinski definition) is 3. The molecule has 0 aromatic rings. The van der Waals surface area contributed by atoms with Crippen LogP contribution in [0.1, 0.15) is 0 Å². The summed E-state index contributed by atoms with van der Waals surface area (Å²) < 4.78 is 4.96. The first-order chi connectivity index (χ1) is 4.72. The van der Waals surface area contributed by atoms with E-state index in [2.05, 4.69) is 0 Å². The van der Waals surface area contributed by atoms with Gasteiger partial charge in [0.2, 0.25) is 0 Å². The second-order valence-electron chi connectivity index (χ2n) is 2.09. The number of carboxylic acid groups (broad SMARTS) is 1. The Morgan fingerprint density at radius 3 is 3.00 bits per heavy atom. The quantitative estimate of drug-likeness (QED) is 0.504. The smallest absolute Gasteiger partial charge is 0.323 e. The Morgan fingerprint density at radius 2 is 2.60 bits per heavy atom. The number of nitrogens with two attached hydrogens (primary N) is 1. The second kappa shape index (κ2) is 2.81. The molecule has 0 saturated heterocycles. The van der Waals surface area contributed by atoms with Gasteiger partial charge in [0.25, 0.3) is 0 Å². The maximum absolute atomic E-state index is 10.2. The Morgan fingerprint density at radius 1 is 1.90 bits per heavy atom. The molecule has 2 atom stereocenters. The van der Waals surface area contributed by atoms with E-state index < -0.39 is 18.1 Å². The lowest BCUT2D eigenvalue weighted by Crippen LogP contribution is -2.40. The number of rotatable bonds is 2. The minimum Gasteiger partial charge on any atom is -0.480 e. The van der Waals surface area contributed by atoms with Crippen molar-refractivity contribution < 1.29 is 14.6 Å². The summed E-state index contributed by atoms with van der Waals surface area (Å²) in [7, 11) is 0. The predicted molar refractivity (Wildman–Crippen MR) is 34.5 cm³/mol. The van der Waals surface area contributed by atoms with Crippen LogP contribution in [0.3, 0.4) is 0 Å². The zero-order valence-electron chi connectivity index (χ0n) is 5.36. The summed E-state index contributed by atoms with van der Waals surface area (Å²) in [6.07, 6.45) is 2.98. The number of carbonyl (C=O) groups is 1. The molecular formula is C6H9NO3. The van der Waals surface area contributed by atoms with Gasteiger partial charge in [-0.2, -0.15) is 0 Å². The van der Waals surface area contributed by atoms with E-state index in [1.807, 2.05) is 0 Å². The van der Waals surface area contributed by atoms with Crippen LogP contribution in [0.5, 0.6) is 0 Å². The molecule has 4 heteroatoms. The van der Waals surface area contributed by atoms with Gasteiger partial charge in [0, 0.05) is 0 Å². The highest BCUT2D eigenvalue weighted by Gasteiger charge is 2.24. The van der Waals surface area contributed by atoms with Crippen LogP contribution in [0.2, 0.25) is 0 Å². The number of ether oxygens (including phenoxy) is 1. The van der Waals surface area contributed by atoms with Crippen molar-refractivity contribution in [1.82, 2.24) is 0 Å². The highest BCUT2D eigenvalue weighted by Crippen LogP contribution is 2.06. The molecule has 0 aromatic carbocycles. The molecule has 0 fully saturated rings. The Kier molecular flexibility index (Phi) is 2.03. The van der Waals surface area contributed by atoms with E-state index in [1.165, 1.54) is 0 Å². The third-order valence-corrected chi connectivity index (χ3v) is 1.35. The largest absolute Gasteiger partial charge is 0.480 e. The van der Waals surface area contributed by atoms with Crippen molar-refractivity contribution in [2.45, 2.75) is 12.1 Å². The van der Waals surface area contributed by atoms with Crippen molar-refractivity contribution in [1.29, 1.82) is 0 Å². The van der Waals surface area contributed by atoms with Gasteiger partial charge in [-0.15, -0.1) is 0 Å². The van der Waals surface area contributed by atoms with Crippen molar-refractivity contribution in [3.63, 3.8) is 0 Å². The summed E-state index contributed by atoms with van der Waals surface area (Å²) in [5.74, 6) is -1.03. The van der Waals surface area contributed by atoms with Gasteiger partial charge in [-0.05, 0) is 0 Å². The van der Waals surface area contributed by atoms with E-state index in [0.717, 1.165) is 0 Å². The average Bonchev–Trinajstić information content (AvgIpc) is 2.36. The molecule has 56 valence electrons. The summed E-state index contributed by atoms with van der Waals surface area (Å²) >= 11 is 0. The summed E-state index contributed by atoms with van der Waals surface area (Å²) in [5.41, 5.74) is 5.25. The minimum atomic E-state index is -1.03. The van der Waals surface area contributed by atoms with E-state index >= 15 is 0 Å². The molecule has 10 heavy (non-hydrogen) atoms. The third kappa shape index (κ3) is 1.34. The van der Waals surface area contributed by atoms with Crippen LogP contribution in [0.15, 0.2) is 12.2 Å². The van der Waals surface area contributed by atoms with E-state index in [4.69, 9.17) is 15.6 Å². The van der Waals surface area contributed by atoms with E-state index in [9.17, 15) is 4.79 Å². The fourth-order valence-electron chi connectivity index (χ4n) is 0.776. The lowest BCUT2D eigenvalue weighted by atomic mass is 10.2. The molecule has 1 rings (SSSR count). The zero-order valence-corrected chi connectivity index (χ0v) is 5.36. The molecule has 1 heterocycles. The molecule has 0 radical (unpaired) electrons. The molecule has 1 unspecified atom stereocenters. The fraction of sp³-hybridized carbons (Fsp3) is 0.500. The summed E-state index contributed by atoms with van der Waals surface area (Å²) in [5, 5.41) is 8.40. The van der Waals surface area contributed by atoms with Crippen molar-refractivity contribution in [2.24, 2.45) is 5.73 Å². The van der Waals surface area contributed by atoms with E-state index in [-0.39, 0.29) is 0 Å². The second-order valence-corrected chi connectivity index (χ2v) is 2.09. The molecular weight excluding hydrogens is 134 g/mol. The highest BCUT2D eigenvalue weighted by molar-refractivity contribution is 5.74. The molecule has 1 aliphatic rings. The molecule has 1 aliphatic heterocycles. The summed E-state index contributed by atoms with van der Waals surface area (Å²) in [6.45, 7) is 0.464. The molecule has 0 amide bonds. The van der Waals surface area contributed by atoms with Gasteiger partial charge < -0.3 is 15.6 Å². The van der Waals surface area contributed by atoms with Gasteiger partial charge in [-0.25, -0.2) is 0 Å². The van der Waals surface area contributed by atoms with Crippen molar-refractivity contribution in [3.8, 4) is 0 Å². The van der Waals surface area contributed by atoms with Crippen molar-refractivity contribution >= 4 is 5.97 Å². The molecule has 0 saturated carbocycles. The van der Waals surface area contributed by atoms with Crippen LogP contribution in [-0.4, -0.2) is 29.8 Å². The molecule has 0 aromatic heterocycles. The monoisotopic (exact) mass is 143 g/mol. The standard InChI is InChI=1S/C6H9NO3/c7-5(6(8)9)4-2-1-3-10-4/h1-2,4-5H,3,7H2,(H,8,9)/t4?,5-/m1/s1. The van der Waals surface area contributed by atoms with Crippen LogP contribution < -0.4 is 5.73 Å². The first kappa shape index (κ1) is 7.24. The van der Waals surface area contributed by atoms with Gasteiger partial charge in [-0.3, -0.25) is 4.79 Å². The van der Waals surface area contributed by atoms with Gasteiger partial charge in [0.15, 0.2) is 0 Å². The van der Waals surface area contributed by atoms with Crippen LogP contribution >= 0.6 is 0 Å². The van der Waals surface area contributed by atoms with Gasteiger partial charge in [-0.1, -0.05) is 12.2 Å². The highest BCUT2D eigenvalue weighted by atomic mass is 16.5. The zero-order chi connectivity index (χ0) is 7.56. The van der Waals surface area contributed by atoms with Crippen LogP contribution in [0.4, 0.5) is 0 Å². The Hall–Kier alpha value is -0.870. The average molecular weight is 143 g/mol. The van der Waals surface area contributed by atoms with Crippen LogP contribution in [0.25, 0.3) is 0 Å². The Bertz CT molecular complexity index is 166. The number of hydrogen-bond donors (Lipinski definition) is 2. The SMILES string of the molecule is N[C@@H](C(=O)O)C1C=CCO1. The van der Waals surface area contributed by atoms with Gasteiger partial charge in [0.1, 0.15) is 12.1 Å². The fourth-order valence-corrected chi connectivity index (χ4v) is 0.776. The third-order valence-electron chi connectivity index (χ3n) is 1.35. The predicted octanol–water partition coefficient (Wildman–Crippen LogP) is -0.647. The first-order valence-corrected chi connectivity index (χ1v) is 2.98. The van der Waals surface area contributed by atoms with Crippen LogP contribution in [-0.2, 0) is 9.53 Å². The summed E-state index contributed by atoms with van der Waals surface area (Å²) in [6, 6.07) is -0.932. The van der Waals surface area contributed by atoms with E-state index in [0.29, 0.717) is 6.61 Å². The maximum atomic E-state index is 10.2. The minimum absolute atomic E-state index is 0.447. The molecule has 0 aliphatic carbocycles. The topological polar surface area (TPSA) is 72.6 Å². The molecule has 3 N–H and O–H groups in total. The van der Waals surface area contributed by atoms with Gasteiger partial charge in [0.05, 0.1) is 6.61 Å². The van der Waals surface area contributed by atoms with Gasteiger partial charge >= 0.3 is 5.97 Å². The van der Waals surface area contributed by atoms with E-state index in [1.54, 1.807) is 12.2 Å². The lowest BCUT2D eigenvalue weighted by molar-refractivity contribution is -0.140. The molecule has 0 bridgehead atoms. The Balaban J connectivity index is 2.48. The normalized spacial score (nSPS) is 26.7. The first-order valence-electron chi connectivity index (χ1n) is 2.98. The number of aliphatic carboxylic acids is 1. The summed E-state index contributed by atoms with van der Waals surface area (Å²) in [4.78, 5) is 10.2. The Labute approximate surface area is 58.3 Å². The van der Waals surface area contributed by atoms with Crippen molar-refractivity contribution in [2.75, 3.05) is 6.61 Å².